The molecule has 2 saturated heterocycles. The summed E-state index contributed by atoms with van der Waals surface area (Å²) in [7, 11) is 0. The van der Waals surface area contributed by atoms with E-state index in [-0.39, 0.29) is 23.9 Å². The molecule has 2 atom stereocenters. The third-order valence-corrected chi connectivity index (χ3v) is 4.67. The topological polar surface area (TPSA) is 49.9 Å². The molecule has 2 aliphatic heterocycles. The lowest BCUT2D eigenvalue weighted by Gasteiger charge is -2.41. The van der Waals surface area contributed by atoms with Gasteiger partial charge in [0.25, 0.3) is 0 Å². The van der Waals surface area contributed by atoms with Crippen LogP contribution in [-0.2, 0) is 14.3 Å². The fourth-order valence-electron chi connectivity index (χ4n) is 3.22. The highest BCUT2D eigenvalue weighted by Crippen LogP contribution is 2.29. The normalized spacial score (nSPS) is 30.1. The van der Waals surface area contributed by atoms with Gasteiger partial charge in [-0.1, -0.05) is 0 Å². The molecule has 0 aromatic carbocycles. The van der Waals surface area contributed by atoms with Gasteiger partial charge >= 0.3 is 0 Å². The molecule has 2 unspecified atom stereocenters. The minimum Gasteiger partial charge on any atom is -0.381 e. The second kappa shape index (κ2) is 5.72. The molecule has 112 valence electrons. The van der Waals surface area contributed by atoms with Crippen molar-refractivity contribution in [3.05, 3.63) is 0 Å². The lowest BCUT2D eigenvalue weighted by Crippen LogP contribution is -2.61. The lowest BCUT2D eigenvalue weighted by molar-refractivity contribution is -0.158. The molecule has 0 bridgehead atoms. The minimum atomic E-state index is -0.305. The maximum absolute atomic E-state index is 12.4. The van der Waals surface area contributed by atoms with Crippen molar-refractivity contribution in [3.63, 3.8) is 0 Å². The summed E-state index contributed by atoms with van der Waals surface area (Å²) < 4.78 is 5.60. The second-order valence-corrected chi connectivity index (χ2v) is 6.27. The number of rotatable bonds is 6. The molecule has 2 amide bonds. The van der Waals surface area contributed by atoms with Crippen LogP contribution in [-0.4, -0.2) is 60.0 Å². The van der Waals surface area contributed by atoms with Gasteiger partial charge < -0.3 is 14.5 Å². The highest BCUT2D eigenvalue weighted by atomic mass is 16.5. The van der Waals surface area contributed by atoms with E-state index in [0.717, 1.165) is 38.3 Å². The van der Waals surface area contributed by atoms with Crippen LogP contribution in [0.1, 0.15) is 39.0 Å². The zero-order valence-corrected chi connectivity index (χ0v) is 12.2. The van der Waals surface area contributed by atoms with Crippen molar-refractivity contribution in [2.45, 2.75) is 51.1 Å². The van der Waals surface area contributed by atoms with Crippen molar-refractivity contribution in [1.29, 1.82) is 0 Å². The van der Waals surface area contributed by atoms with Crippen LogP contribution in [0.4, 0.5) is 0 Å². The van der Waals surface area contributed by atoms with Crippen LogP contribution in [0.2, 0.25) is 0 Å². The highest BCUT2D eigenvalue weighted by Gasteiger charge is 2.45. The summed E-state index contributed by atoms with van der Waals surface area (Å²) in [4.78, 5) is 28.2. The average molecular weight is 280 g/mol. The van der Waals surface area contributed by atoms with Gasteiger partial charge in [0, 0.05) is 26.3 Å². The van der Waals surface area contributed by atoms with Gasteiger partial charge in [-0.3, -0.25) is 9.59 Å². The number of hydrogen-bond acceptors (Lipinski definition) is 3. The monoisotopic (exact) mass is 280 g/mol. The van der Waals surface area contributed by atoms with Gasteiger partial charge in [-0.25, -0.2) is 0 Å². The Morgan fingerprint density at radius 1 is 1.20 bits per heavy atom. The SMILES string of the molecule is CC1C(=O)N2CCCC2C(=O)N1CCCOCC1CC1. The van der Waals surface area contributed by atoms with Crippen molar-refractivity contribution < 1.29 is 14.3 Å². The van der Waals surface area contributed by atoms with Crippen LogP contribution in [0.15, 0.2) is 0 Å². The Morgan fingerprint density at radius 3 is 2.75 bits per heavy atom. The summed E-state index contributed by atoms with van der Waals surface area (Å²) in [6.45, 7) is 4.78. The molecule has 1 aliphatic carbocycles. The maximum Gasteiger partial charge on any atom is 0.246 e. The summed E-state index contributed by atoms with van der Waals surface area (Å²) in [6.07, 6.45) is 5.20. The predicted octanol–water partition coefficient (Wildman–Crippen LogP) is 1.02. The number of piperazine rings is 1. The van der Waals surface area contributed by atoms with E-state index in [1.165, 1.54) is 12.8 Å². The van der Waals surface area contributed by atoms with Crippen LogP contribution < -0.4 is 0 Å². The standard InChI is InChI=1S/C15H24N2O3/c1-11-14(18)17-7-2-4-13(17)15(19)16(11)8-3-9-20-10-12-5-6-12/h11-13H,2-10H2,1H3. The molecule has 3 rings (SSSR count). The third-order valence-electron chi connectivity index (χ3n) is 4.67. The molecule has 0 spiro atoms. The first kappa shape index (κ1) is 13.9. The molecule has 0 aromatic rings. The molecule has 0 aromatic heterocycles. The van der Waals surface area contributed by atoms with E-state index in [0.29, 0.717) is 13.2 Å². The zero-order chi connectivity index (χ0) is 14.1. The summed E-state index contributed by atoms with van der Waals surface area (Å²) >= 11 is 0. The van der Waals surface area contributed by atoms with Crippen LogP contribution in [0, 0.1) is 5.92 Å². The minimum absolute atomic E-state index is 0.117. The zero-order valence-electron chi connectivity index (χ0n) is 12.2. The summed E-state index contributed by atoms with van der Waals surface area (Å²) in [5, 5.41) is 0. The Morgan fingerprint density at radius 2 is 2.00 bits per heavy atom. The van der Waals surface area contributed by atoms with Crippen molar-refractivity contribution in [2.24, 2.45) is 5.92 Å². The number of fused-ring (bicyclic) bond motifs is 1. The van der Waals surface area contributed by atoms with Crippen molar-refractivity contribution >= 4 is 11.8 Å². The number of nitrogens with zero attached hydrogens (tertiary/aromatic N) is 2. The molecule has 5 nitrogen and oxygen atoms in total. The number of ether oxygens (including phenoxy) is 1. The molecular weight excluding hydrogens is 256 g/mol. The van der Waals surface area contributed by atoms with Gasteiger partial charge in [0.15, 0.2) is 0 Å². The Labute approximate surface area is 120 Å². The van der Waals surface area contributed by atoms with Crippen molar-refractivity contribution in [3.8, 4) is 0 Å². The molecule has 1 saturated carbocycles. The van der Waals surface area contributed by atoms with Gasteiger partial charge in [0.1, 0.15) is 12.1 Å². The maximum atomic E-state index is 12.4. The highest BCUT2D eigenvalue weighted by molar-refractivity contribution is 5.97. The van der Waals surface area contributed by atoms with E-state index in [1.54, 1.807) is 9.80 Å². The Balaban J connectivity index is 1.48. The van der Waals surface area contributed by atoms with E-state index in [4.69, 9.17) is 4.74 Å². The van der Waals surface area contributed by atoms with Crippen LogP contribution in [0.3, 0.4) is 0 Å². The predicted molar refractivity (Wildman–Crippen MR) is 74.1 cm³/mol. The molecular formula is C15H24N2O3. The first-order chi connectivity index (χ1) is 9.68. The van der Waals surface area contributed by atoms with Crippen molar-refractivity contribution in [2.75, 3.05) is 26.3 Å². The fourth-order valence-corrected chi connectivity index (χ4v) is 3.22. The molecule has 0 N–H and O–H groups in total. The Bertz CT molecular complexity index is 395. The lowest BCUT2D eigenvalue weighted by atomic mass is 10.1. The number of carbonyl (C=O) groups excluding carboxylic acids is 2. The molecule has 3 fully saturated rings. The first-order valence-corrected chi connectivity index (χ1v) is 7.87. The first-order valence-electron chi connectivity index (χ1n) is 7.87. The van der Waals surface area contributed by atoms with E-state index in [1.807, 2.05) is 6.92 Å². The summed E-state index contributed by atoms with van der Waals surface area (Å²) in [6, 6.07) is -0.494. The summed E-state index contributed by atoms with van der Waals surface area (Å²) in [5.74, 6) is 1.03. The molecule has 0 radical (unpaired) electrons. The number of hydrogen-bond donors (Lipinski definition) is 0. The van der Waals surface area contributed by atoms with Crippen LogP contribution >= 0.6 is 0 Å². The fraction of sp³-hybridized carbons (Fsp3) is 0.867. The molecule has 5 heteroatoms. The summed E-state index contributed by atoms with van der Waals surface area (Å²) in [5.41, 5.74) is 0. The smallest absolute Gasteiger partial charge is 0.246 e. The largest absolute Gasteiger partial charge is 0.381 e. The Hall–Kier alpha value is -1.10. The van der Waals surface area contributed by atoms with E-state index in [2.05, 4.69) is 0 Å². The van der Waals surface area contributed by atoms with Gasteiger partial charge in [0.2, 0.25) is 11.8 Å². The molecule has 2 heterocycles. The number of amides is 2. The number of carbonyl (C=O) groups is 2. The Kier molecular flexibility index (Phi) is 3.96. The molecule has 20 heavy (non-hydrogen) atoms. The van der Waals surface area contributed by atoms with Gasteiger partial charge in [-0.05, 0) is 44.9 Å². The van der Waals surface area contributed by atoms with Crippen molar-refractivity contribution in [1.82, 2.24) is 9.80 Å². The van der Waals surface area contributed by atoms with Gasteiger partial charge in [-0.15, -0.1) is 0 Å². The van der Waals surface area contributed by atoms with E-state index >= 15 is 0 Å². The van der Waals surface area contributed by atoms with Crippen LogP contribution in [0.25, 0.3) is 0 Å². The second-order valence-electron chi connectivity index (χ2n) is 6.27. The van der Waals surface area contributed by atoms with Crippen LogP contribution in [0.5, 0.6) is 0 Å². The average Bonchev–Trinajstić information content (AvgIpc) is 3.13. The quantitative estimate of drug-likeness (QED) is 0.683. The third kappa shape index (κ3) is 2.68. The van der Waals surface area contributed by atoms with Gasteiger partial charge in [-0.2, -0.15) is 0 Å². The van der Waals surface area contributed by atoms with E-state index in [9.17, 15) is 9.59 Å². The van der Waals surface area contributed by atoms with E-state index < -0.39 is 0 Å². The van der Waals surface area contributed by atoms with Gasteiger partial charge in [0.05, 0.1) is 0 Å². The molecule has 3 aliphatic rings.